The van der Waals surface area contributed by atoms with Crippen molar-refractivity contribution in [2.24, 2.45) is 0 Å². The lowest BCUT2D eigenvalue weighted by Gasteiger charge is -2.17. The number of carboxylic acid groups (broad SMARTS) is 1. The summed E-state index contributed by atoms with van der Waals surface area (Å²) in [5.41, 5.74) is 0. The van der Waals surface area contributed by atoms with Crippen molar-refractivity contribution >= 4 is 21.9 Å². The van der Waals surface area contributed by atoms with Gasteiger partial charge in [0.15, 0.2) is 5.75 Å². The van der Waals surface area contributed by atoms with E-state index < -0.39 is 27.7 Å². The van der Waals surface area contributed by atoms with E-state index in [4.69, 9.17) is 5.11 Å². The summed E-state index contributed by atoms with van der Waals surface area (Å²) in [6, 6.07) is 0. The fourth-order valence-corrected chi connectivity index (χ4v) is 2.10. The quantitative estimate of drug-likeness (QED) is 0.584. The van der Waals surface area contributed by atoms with Crippen molar-refractivity contribution in [1.29, 1.82) is 0 Å². The van der Waals surface area contributed by atoms with Crippen molar-refractivity contribution in [3.05, 3.63) is 0 Å². The number of nitrogens with one attached hydrogen (secondary N) is 1. The third kappa shape index (κ3) is 4.75. The van der Waals surface area contributed by atoms with Crippen LogP contribution in [-0.4, -0.2) is 55.6 Å². The van der Waals surface area contributed by atoms with Crippen LogP contribution in [0.3, 0.4) is 0 Å². The molecule has 0 aliphatic heterocycles. The molecule has 0 spiro atoms. The fourth-order valence-electron chi connectivity index (χ4n) is 0.893. The van der Waals surface area contributed by atoms with E-state index in [0.29, 0.717) is 0 Å². The van der Waals surface area contributed by atoms with Crippen molar-refractivity contribution in [3.63, 3.8) is 0 Å². The Labute approximate surface area is 88.1 Å². The summed E-state index contributed by atoms with van der Waals surface area (Å²) in [6.07, 6.45) is 0. The third-order valence-corrected chi connectivity index (χ3v) is 3.44. The molecule has 0 aromatic rings. The Morgan fingerprint density at radius 3 is 2.27 bits per heavy atom. The molecule has 0 aliphatic carbocycles. The molecule has 0 aliphatic rings. The van der Waals surface area contributed by atoms with Gasteiger partial charge in [0.05, 0.1) is 6.54 Å². The lowest BCUT2D eigenvalue weighted by atomic mass is 10.5. The van der Waals surface area contributed by atoms with Gasteiger partial charge in [0.2, 0.25) is 15.9 Å². The van der Waals surface area contributed by atoms with Gasteiger partial charge in [0.1, 0.15) is 0 Å². The molecule has 0 bridgehead atoms. The zero-order valence-electron chi connectivity index (χ0n) is 8.56. The van der Waals surface area contributed by atoms with Crippen molar-refractivity contribution < 1.29 is 23.1 Å². The van der Waals surface area contributed by atoms with Crippen LogP contribution in [0, 0.1) is 0 Å². The summed E-state index contributed by atoms with van der Waals surface area (Å²) in [6.45, 7) is 1.23. The molecule has 88 valence electrons. The first-order valence-electron chi connectivity index (χ1n) is 4.23. The molecule has 0 atom stereocenters. The lowest BCUT2D eigenvalue weighted by Crippen LogP contribution is -2.41. The number of aliphatic carboxylic acids is 1. The Morgan fingerprint density at radius 2 is 1.93 bits per heavy atom. The monoisotopic (exact) mass is 238 g/mol. The number of likely N-dealkylation sites (N-methyl/N-ethyl adjacent to an activating group) is 2. The second kappa shape index (κ2) is 5.66. The van der Waals surface area contributed by atoms with E-state index in [1.165, 1.54) is 14.0 Å². The molecule has 0 saturated carbocycles. The summed E-state index contributed by atoms with van der Waals surface area (Å²) in [7, 11) is -2.53. The lowest BCUT2D eigenvalue weighted by molar-refractivity contribution is -0.134. The van der Waals surface area contributed by atoms with Gasteiger partial charge in [-0.15, -0.1) is 0 Å². The highest BCUT2D eigenvalue weighted by molar-refractivity contribution is 7.89. The summed E-state index contributed by atoms with van der Waals surface area (Å²) in [4.78, 5) is 21.2. The maximum atomic E-state index is 11.4. The summed E-state index contributed by atoms with van der Waals surface area (Å²) < 4.78 is 23.6. The molecule has 0 rings (SSSR count). The van der Waals surface area contributed by atoms with Crippen molar-refractivity contribution in [3.8, 4) is 0 Å². The van der Waals surface area contributed by atoms with Gasteiger partial charge >= 0.3 is 5.97 Å². The Morgan fingerprint density at radius 1 is 1.40 bits per heavy atom. The predicted molar refractivity (Wildman–Crippen MR) is 52.7 cm³/mol. The predicted octanol–water partition coefficient (Wildman–Crippen LogP) is -1.53. The largest absolute Gasteiger partial charge is 0.480 e. The molecular formula is C7H14N2O5S. The molecule has 7 nitrogen and oxygen atoms in total. The van der Waals surface area contributed by atoms with Gasteiger partial charge in [-0.2, -0.15) is 4.31 Å². The Balaban J connectivity index is 4.66. The maximum absolute atomic E-state index is 11.4. The van der Waals surface area contributed by atoms with Gasteiger partial charge in [-0.05, 0) is 0 Å². The van der Waals surface area contributed by atoms with Gasteiger partial charge < -0.3 is 10.4 Å². The van der Waals surface area contributed by atoms with E-state index in [-0.39, 0.29) is 13.1 Å². The minimum Gasteiger partial charge on any atom is -0.480 e. The normalized spacial score (nSPS) is 11.4. The summed E-state index contributed by atoms with van der Waals surface area (Å²) in [5.74, 6) is -2.92. The molecule has 0 fully saturated rings. The van der Waals surface area contributed by atoms with Crippen LogP contribution in [0.5, 0.6) is 0 Å². The first kappa shape index (κ1) is 13.8. The first-order valence-corrected chi connectivity index (χ1v) is 5.84. The number of carboxylic acids is 1. The van der Waals surface area contributed by atoms with E-state index in [1.54, 1.807) is 0 Å². The molecule has 0 unspecified atom stereocenters. The van der Waals surface area contributed by atoms with Crippen LogP contribution in [0.2, 0.25) is 0 Å². The van der Waals surface area contributed by atoms with Crippen molar-refractivity contribution in [2.75, 3.05) is 25.9 Å². The van der Waals surface area contributed by atoms with E-state index in [2.05, 4.69) is 5.32 Å². The van der Waals surface area contributed by atoms with Gasteiger partial charge in [-0.1, -0.05) is 6.92 Å². The highest BCUT2D eigenvalue weighted by Gasteiger charge is 2.25. The number of hydrogen-bond donors (Lipinski definition) is 2. The number of rotatable bonds is 6. The summed E-state index contributed by atoms with van der Waals surface area (Å²) >= 11 is 0. The molecule has 0 saturated heterocycles. The van der Waals surface area contributed by atoms with E-state index in [0.717, 1.165) is 4.31 Å². The third-order valence-electron chi connectivity index (χ3n) is 1.65. The molecule has 2 N–H and O–H groups in total. The van der Waals surface area contributed by atoms with Crippen molar-refractivity contribution in [2.45, 2.75) is 6.92 Å². The highest BCUT2D eigenvalue weighted by atomic mass is 32.2. The number of carbonyl (C=O) groups excluding carboxylic acids is 1. The van der Waals surface area contributed by atoms with Crippen LogP contribution in [0.1, 0.15) is 6.92 Å². The van der Waals surface area contributed by atoms with Gasteiger partial charge in [0.25, 0.3) is 0 Å². The van der Waals surface area contributed by atoms with Gasteiger partial charge in [-0.25, -0.2) is 8.42 Å². The molecule has 0 heterocycles. The van der Waals surface area contributed by atoms with Crippen LogP contribution in [0.4, 0.5) is 0 Å². The molecular weight excluding hydrogens is 224 g/mol. The number of nitrogens with zero attached hydrogens (tertiary/aromatic N) is 1. The molecule has 0 aromatic carbocycles. The summed E-state index contributed by atoms with van der Waals surface area (Å²) in [5, 5.41) is 10.6. The second-order valence-electron chi connectivity index (χ2n) is 2.75. The standard InChI is InChI=1S/C7H14N2O5S/c1-3-9(4-6(10)8-2)15(13,14)5-7(11)12/h3-5H2,1-2H3,(H,8,10)(H,11,12). The maximum Gasteiger partial charge on any atom is 0.320 e. The highest BCUT2D eigenvalue weighted by Crippen LogP contribution is 2.00. The molecule has 1 amide bonds. The fraction of sp³-hybridized carbons (Fsp3) is 0.714. The molecule has 15 heavy (non-hydrogen) atoms. The smallest absolute Gasteiger partial charge is 0.320 e. The van der Waals surface area contributed by atoms with Crippen LogP contribution >= 0.6 is 0 Å². The average Bonchev–Trinajstić information content (AvgIpc) is 2.11. The Bertz CT molecular complexity index is 337. The number of sulfonamides is 1. The zero-order chi connectivity index (χ0) is 12.1. The molecule has 0 aromatic heterocycles. The molecule has 8 heteroatoms. The number of amides is 1. The van der Waals surface area contributed by atoms with Crippen LogP contribution < -0.4 is 5.32 Å². The van der Waals surface area contributed by atoms with E-state index in [9.17, 15) is 18.0 Å². The Hall–Kier alpha value is -1.15. The minimum atomic E-state index is -3.90. The van der Waals surface area contributed by atoms with Crippen LogP contribution in [-0.2, 0) is 19.6 Å². The van der Waals surface area contributed by atoms with Crippen LogP contribution in [0.25, 0.3) is 0 Å². The second-order valence-corrected chi connectivity index (χ2v) is 4.72. The average molecular weight is 238 g/mol. The van der Waals surface area contributed by atoms with Gasteiger partial charge in [-0.3, -0.25) is 9.59 Å². The molecule has 0 radical (unpaired) electrons. The SMILES string of the molecule is CCN(CC(=O)NC)S(=O)(=O)CC(=O)O. The minimum absolute atomic E-state index is 0.0586. The topological polar surface area (TPSA) is 104 Å². The number of hydrogen-bond acceptors (Lipinski definition) is 4. The zero-order valence-corrected chi connectivity index (χ0v) is 9.37. The Kier molecular flexibility index (Phi) is 5.23. The van der Waals surface area contributed by atoms with Crippen molar-refractivity contribution in [1.82, 2.24) is 9.62 Å². The van der Waals surface area contributed by atoms with Crippen LogP contribution in [0.15, 0.2) is 0 Å². The number of carbonyl (C=O) groups is 2. The van der Waals surface area contributed by atoms with Gasteiger partial charge in [0, 0.05) is 13.6 Å². The van der Waals surface area contributed by atoms with E-state index >= 15 is 0 Å². The first-order chi connectivity index (χ1) is 6.83. The van der Waals surface area contributed by atoms with E-state index in [1.807, 2.05) is 0 Å².